The molecule has 1 N–H and O–H groups in total. The van der Waals surface area contributed by atoms with Gasteiger partial charge in [-0.25, -0.2) is 9.59 Å². The highest BCUT2D eigenvalue weighted by Gasteiger charge is 2.27. The lowest BCUT2D eigenvalue weighted by molar-refractivity contribution is -0.113. The normalized spacial score (nSPS) is 10.3. The summed E-state index contributed by atoms with van der Waals surface area (Å²) in [6.45, 7) is 3.77. The van der Waals surface area contributed by atoms with E-state index in [1.165, 1.54) is 7.11 Å². The van der Waals surface area contributed by atoms with Crippen molar-refractivity contribution < 1.29 is 28.6 Å². The van der Waals surface area contributed by atoms with Crippen LogP contribution in [0.25, 0.3) is 0 Å². The summed E-state index contributed by atoms with van der Waals surface area (Å²) < 4.78 is 14.8. The molecule has 0 aliphatic carbocycles. The molecule has 23 heavy (non-hydrogen) atoms. The summed E-state index contributed by atoms with van der Waals surface area (Å²) in [4.78, 5) is 35.9. The first-order chi connectivity index (χ1) is 11.0. The lowest BCUT2D eigenvalue weighted by Crippen LogP contribution is -2.15. The van der Waals surface area contributed by atoms with Crippen LogP contribution in [0.3, 0.4) is 0 Å². The maximum atomic E-state index is 12.1. The first kappa shape index (κ1) is 19.4. The topological polar surface area (TPSA) is 90.9 Å². The molecule has 1 rings (SSSR count). The van der Waals surface area contributed by atoms with Crippen LogP contribution < -0.4 is 5.32 Å². The Hall–Kier alpha value is -1.64. The van der Waals surface area contributed by atoms with Gasteiger partial charge in [-0.1, -0.05) is 0 Å². The summed E-state index contributed by atoms with van der Waals surface area (Å²) in [6.07, 6.45) is 0. The van der Waals surface area contributed by atoms with Gasteiger partial charge < -0.3 is 19.5 Å². The van der Waals surface area contributed by atoms with Crippen LogP contribution in [-0.4, -0.2) is 50.7 Å². The largest absolute Gasteiger partial charge is 0.462 e. The van der Waals surface area contributed by atoms with E-state index in [9.17, 15) is 14.4 Å². The van der Waals surface area contributed by atoms with E-state index in [1.807, 2.05) is 0 Å². The van der Waals surface area contributed by atoms with Gasteiger partial charge in [0.05, 0.1) is 18.8 Å². The molecule has 0 fully saturated rings. The number of carbonyl (C=O) groups excluding carboxylic acids is 3. The molecule has 0 saturated carbocycles. The predicted molar refractivity (Wildman–Crippen MR) is 86.5 cm³/mol. The Balaban J connectivity index is 3.12. The molecule has 0 unspecified atom stereocenters. The van der Waals surface area contributed by atoms with Crippen LogP contribution in [0.4, 0.5) is 5.00 Å². The number of esters is 2. The zero-order valence-electron chi connectivity index (χ0n) is 13.1. The Kier molecular flexibility index (Phi) is 8.01. The van der Waals surface area contributed by atoms with Gasteiger partial charge in [-0.3, -0.25) is 4.79 Å². The van der Waals surface area contributed by atoms with E-state index < -0.39 is 17.8 Å². The zero-order valence-corrected chi connectivity index (χ0v) is 14.6. The minimum Gasteiger partial charge on any atom is -0.462 e. The summed E-state index contributed by atoms with van der Waals surface area (Å²) in [6, 6.07) is 0. The average molecular weight is 364 g/mol. The number of ether oxygens (including phenoxy) is 3. The number of hydrogen-bond donors (Lipinski definition) is 1. The monoisotopic (exact) mass is 363 g/mol. The quantitative estimate of drug-likeness (QED) is 0.432. The fraction of sp³-hybridized carbons (Fsp3) is 0.500. The summed E-state index contributed by atoms with van der Waals surface area (Å²) in [5.41, 5.74) is 0.523. The zero-order chi connectivity index (χ0) is 17.4. The second-order valence-corrected chi connectivity index (χ2v) is 5.58. The highest BCUT2D eigenvalue weighted by Crippen LogP contribution is 2.34. The van der Waals surface area contributed by atoms with E-state index >= 15 is 0 Å². The maximum Gasteiger partial charge on any atom is 0.348 e. The average Bonchev–Trinajstić information content (AvgIpc) is 2.84. The highest BCUT2D eigenvalue weighted by atomic mass is 35.5. The van der Waals surface area contributed by atoms with Crippen LogP contribution >= 0.6 is 22.9 Å². The Morgan fingerprint density at radius 3 is 2.43 bits per heavy atom. The highest BCUT2D eigenvalue weighted by molar-refractivity contribution is 7.18. The van der Waals surface area contributed by atoms with E-state index in [4.69, 9.17) is 25.8 Å². The standard InChI is InChI=1S/C14H18ClNO6S/c1-4-21-13(18)10-8(2)11(14(19)22-6-5-20-3)23-12(10)16-9(17)7-15/h4-7H2,1-3H3,(H,16,17). The van der Waals surface area contributed by atoms with Crippen molar-refractivity contribution in [2.45, 2.75) is 13.8 Å². The number of anilines is 1. The number of nitrogens with one attached hydrogen (secondary N) is 1. The molecular formula is C14H18ClNO6S. The molecule has 0 aliphatic heterocycles. The SMILES string of the molecule is CCOC(=O)c1c(NC(=O)CCl)sc(C(=O)OCCOC)c1C. The van der Waals surface area contributed by atoms with Crippen molar-refractivity contribution in [3.63, 3.8) is 0 Å². The van der Waals surface area contributed by atoms with Crippen LogP contribution in [0, 0.1) is 6.92 Å². The van der Waals surface area contributed by atoms with Crippen LogP contribution in [0.2, 0.25) is 0 Å². The number of halogens is 1. The predicted octanol–water partition coefficient (Wildman–Crippen LogP) is 2.21. The van der Waals surface area contributed by atoms with Crippen molar-refractivity contribution in [2.75, 3.05) is 38.1 Å². The lowest BCUT2D eigenvalue weighted by atomic mass is 10.1. The van der Waals surface area contributed by atoms with Crippen molar-refractivity contribution in [1.29, 1.82) is 0 Å². The van der Waals surface area contributed by atoms with Crippen LogP contribution in [-0.2, 0) is 19.0 Å². The molecular weight excluding hydrogens is 346 g/mol. The minimum atomic E-state index is -0.623. The molecule has 1 aromatic heterocycles. The van der Waals surface area contributed by atoms with Crippen LogP contribution in [0.1, 0.15) is 32.5 Å². The molecule has 128 valence electrons. The molecule has 0 bridgehead atoms. The van der Waals surface area contributed by atoms with Crippen molar-refractivity contribution in [2.24, 2.45) is 0 Å². The fourth-order valence-corrected chi connectivity index (χ4v) is 2.86. The number of hydrogen-bond acceptors (Lipinski definition) is 7. The van der Waals surface area contributed by atoms with Crippen molar-refractivity contribution in [3.8, 4) is 0 Å². The Bertz CT molecular complexity index is 586. The number of rotatable bonds is 8. The molecule has 0 atom stereocenters. The van der Waals surface area contributed by atoms with Gasteiger partial charge in [0.15, 0.2) is 0 Å². The van der Waals surface area contributed by atoms with Gasteiger partial charge in [-0.05, 0) is 19.4 Å². The number of thiophene rings is 1. The third-order valence-corrected chi connectivity index (χ3v) is 4.14. The first-order valence-electron chi connectivity index (χ1n) is 6.78. The van der Waals surface area contributed by atoms with Gasteiger partial charge in [0.2, 0.25) is 5.91 Å². The molecule has 1 aromatic rings. The van der Waals surface area contributed by atoms with Gasteiger partial charge in [-0.2, -0.15) is 0 Å². The van der Waals surface area contributed by atoms with Gasteiger partial charge in [0, 0.05) is 7.11 Å². The number of carbonyl (C=O) groups is 3. The summed E-state index contributed by atoms with van der Waals surface area (Å²) in [7, 11) is 1.49. The summed E-state index contributed by atoms with van der Waals surface area (Å²) in [5, 5.41) is 2.71. The Morgan fingerprint density at radius 1 is 1.17 bits per heavy atom. The van der Waals surface area contributed by atoms with E-state index in [0.717, 1.165) is 11.3 Å². The molecule has 9 heteroatoms. The number of alkyl halides is 1. The van der Waals surface area contributed by atoms with Gasteiger partial charge in [-0.15, -0.1) is 22.9 Å². The van der Waals surface area contributed by atoms with E-state index in [1.54, 1.807) is 13.8 Å². The summed E-state index contributed by atoms with van der Waals surface area (Å²) in [5.74, 6) is -1.98. The molecule has 1 amide bonds. The molecule has 0 aliphatic rings. The minimum absolute atomic E-state index is 0.0881. The molecule has 0 radical (unpaired) electrons. The molecule has 7 nitrogen and oxygen atoms in total. The van der Waals surface area contributed by atoms with Gasteiger partial charge in [0.25, 0.3) is 0 Å². The van der Waals surface area contributed by atoms with E-state index in [-0.39, 0.29) is 41.1 Å². The molecule has 0 saturated heterocycles. The van der Waals surface area contributed by atoms with Crippen LogP contribution in [0.15, 0.2) is 0 Å². The maximum absolute atomic E-state index is 12.1. The van der Waals surface area contributed by atoms with E-state index in [0.29, 0.717) is 5.56 Å². The second kappa shape index (κ2) is 9.49. The summed E-state index contributed by atoms with van der Waals surface area (Å²) >= 11 is 6.40. The molecule has 1 heterocycles. The molecule has 0 spiro atoms. The first-order valence-corrected chi connectivity index (χ1v) is 8.13. The van der Waals surface area contributed by atoms with E-state index in [2.05, 4.69) is 5.32 Å². The number of methoxy groups -OCH3 is 1. The molecule has 0 aromatic carbocycles. The van der Waals surface area contributed by atoms with Crippen molar-refractivity contribution in [3.05, 3.63) is 16.0 Å². The van der Waals surface area contributed by atoms with Gasteiger partial charge in [0.1, 0.15) is 22.4 Å². The second-order valence-electron chi connectivity index (χ2n) is 4.29. The van der Waals surface area contributed by atoms with Crippen molar-refractivity contribution >= 4 is 45.8 Å². The Morgan fingerprint density at radius 2 is 1.87 bits per heavy atom. The fourth-order valence-electron chi connectivity index (χ4n) is 1.69. The van der Waals surface area contributed by atoms with Gasteiger partial charge >= 0.3 is 11.9 Å². The van der Waals surface area contributed by atoms with Crippen LogP contribution in [0.5, 0.6) is 0 Å². The third kappa shape index (κ3) is 5.19. The Labute approximate surface area is 142 Å². The third-order valence-electron chi connectivity index (χ3n) is 2.71. The lowest BCUT2D eigenvalue weighted by Gasteiger charge is -2.05. The number of amides is 1. The van der Waals surface area contributed by atoms with Crippen molar-refractivity contribution in [1.82, 2.24) is 0 Å². The smallest absolute Gasteiger partial charge is 0.348 e.